The number of rotatable bonds is 20. The Labute approximate surface area is 226 Å². The Morgan fingerprint density at radius 1 is 0.556 bits per heavy atom. The first-order chi connectivity index (χ1) is 17.8. The van der Waals surface area contributed by atoms with Crippen molar-refractivity contribution in [3.05, 3.63) is 0 Å². The second-order valence-corrected chi connectivity index (χ2v) is 11.7. The third kappa shape index (κ3) is 24.2. The van der Waals surface area contributed by atoms with Gasteiger partial charge in [0.25, 0.3) is 0 Å². The molecule has 0 radical (unpaired) electrons. The van der Waals surface area contributed by atoms with E-state index in [0.717, 1.165) is 32.5 Å². The van der Waals surface area contributed by atoms with Crippen LogP contribution in [0.15, 0.2) is 0 Å². The summed E-state index contributed by atoms with van der Waals surface area (Å²) in [5.41, 5.74) is 0. The Kier molecular flexibility index (Phi) is 26.3. The first-order valence-electron chi connectivity index (χ1n) is 16.7. The molecule has 3 nitrogen and oxygen atoms in total. The van der Waals surface area contributed by atoms with Gasteiger partial charge in [0.15, 0.2) is 0 Å². The molecule has 0 saturated carbocycles. The van der Waals surface area contributed by atoms with Gasteiger partial charge in [0.05, 0.1) is 18.8 Å². The zero-order valence-corrected chi connectivity index (χ0v) is 24.6. The molecule has 0 aliphatic carbocycles. The zero-order chi connectivity index (χ0) is 25.8. The standard InChI is InChI=1S/C33H66O3/c1-2-3-4-5-6-7-8-9-10-11-12-13-14-15-16-17-20-24-30-36-33-27-22-19-18-21-26-32(34)31-35-29-25-23-28-33/h32-34H,2-31H2,1H3. The first-order valence-corrected chi connectivity index (χ1v) is 16.7. The van der Waals surface area contributed by atoms with Gasteiger partial charge in [0.2, 0.25) is 0 Å². The van der Waals surface area contributed by atoms with Gasteiger partial charge in [-0.1, -0.05) is 142 Å². The van der Waals surface area contributed by atoms with E-state index < -0.39 is 0 Å². The van der Waals surface area contributed by atoms with Gasteiger partial charge >= 0.3 is 0 Å². The number of aliphatic hydroxyl groups is 1. The number of hydrogen-bond donors (Lipinski definition) is 1. The molecule has 0 bridgehead atoms. The monoisotopic (exact) mass is 511 g/mol. The molecule has 1 heterocycles. The summed E-state index contributed by atoms with van der Waals surface area (Å²) in [7, 11) is 0. The van der Waals surface area contributed by atoms with Gasteiger partial charge in [-0.05, 0) is 38.5 Å². The maximum absolute atomic E-state index is 9.90. The van der Waals surface area contributed by atoms with Gasteiger partial charge < -0.3 is 14.6 Å². The number of hydrogen-bond acceptors (Lipinski definition) is 3. The van der Waals surface area contributed by atoms with Gasteiger partial charge in [-0.3, -0.25) is 0 Å². The van der Waals surface area contributed by atoms with Crippen molar-refractivity contribution in [2.75, 3.05) is 19.8 Å². The summed E-state index contributed by atoms with van der Waals surface area (Å²) >= 11 is 0. The van der Waals surface area contributed by atoms with E-state index in [4.69, 9.17) is 9.47 Å². The molecular weight excluding hydrogens is 444 g/mol. The zero-order valence-electron chi connectivity index (χ0n) is 24.6. The molecule has 36 heavy (non-hydrogen) atoms. The van der Waals surface area contributed by atoms with E-state index in [2.05, 4.69) is 6.92 Å². The minimum absolute atomic E-state index is 0.265. The highest BCUT2D eigenvalue weighted by Gasteiger charge is 2.11. The van der Waals surface area contributed by atoms with Crippen molar-refractivity contribution in [3.8, 4) is 0 Å². The second kappa shape index (κ2) is 27.9. The van der Waals surface area contributed by atoms with Crippen molar-refractivity contribution < 1.29 is 14.6 Å². The average Bonchev–Trinajstić information content (AvgIpc) is 2.88. The number of unbranched alkanes of at least 4 members (excludes halogenated alkanes) is 17. The van der Waals surface area contributed by atoms with Gasteiger partial charge in [-0.2, -0.15) is 0 Å². The first kappa shape index (κ1) is 33.9. The van der Waals surface area contributed by atoms with Crippen LogP contribution in [-0.2, 0) is 9.47 Å². The van der Waals surface area contributed by atoms with Crippen LogP contribution in [0.4, 0.5) is 0 Å². The highest BCUT2D eigenvalue weighted by Crippen LogP contribution is 2.18. The maximum atomic E-state index is 9.90. The fourth-order valence-corrected chi connectivity index (χ4v) is 5.55. The normalized spacial score (nSPS) is 20.8. The fourth-order valence-electron chi connectivity index (χ4n) is 5.55. The Bertz CT molecular complexity index is 398. The predicted octanol–water partition coefficient (Wildman–Crippen LogP) is 10.3. The molecule has 1 N–H and O–H groups in total. The van der Waals surface area contributed by atoms with Gasteiger partial charge in [0, 0.05) is 13.2 Å². The van der Waals surface area contributed by atoms with E-state index in [9.17, 15) is 5.11 Å². The molecule has 3 heteroatoms. The summed E-state index contributed by atoms with van der Waals surface area (Å²) in [6.07, 6.45) is 36.3. The summed E-state index contributed by atoms with van der Waals surface area (Å²) in [6.45, 7) is 4.54. The molecule has 1 aliphatic rings. The number of ether oxygens (including phenoxy) is 2. The van der Waals surface area contributed by atoms with E-state index in [1.54, 1.807) is 0 Å². The van der Waals surface area contributed by atoms with Crippen LogP contribution < -0.4 is 0 Å². The molecule has 1 fully saturated rings. The predicted molar refractivity (Wildman–Crippen MR) is 157 cm³/mol. The van der Waals surface area contributed by atoms with Crippen LogP contribution in [0.1, 0.15) is 180 Å². The van der Waals surface area contributed by atoms with Crippen molar-refractivity contribution in [2.24, 2.45) is 0 Å². The molecule has 0 spiro atoms. The molecule has 2 atom stereocenters. The van der Waals surface area contributed by atoms with Crippen molar-refractivity contribution in [1.82, 2.24) is 0 Å². The minimum Gasteiger partial charge on any atom is -0.391 e. The lowest BCUT2D eigenvalue weighted by Gasteiger charge is -2.19. The number of aliphatic hydroxyl groups excluding tert-OH is 1. The van der Waals surface area contributed by atoms with Crippen molar-refractivity contribution in [1.29, 1.82) is 0 Å². The molecule has 0 aromatic heterocycles. The Morgan fingerprint density at radius 3 is 1.53 bits per heavy atom. The van der Waals surface area contributed by atoms with Crippen LogP contribution in [-0.4, -0.2) is 37.1 Å². The third-order valence-corrected chi connectivity index (χ3v) is 8.04. The molecule has 1 aliphatic heterocycles. The molecule has 1 saturated heterocycles. The topological polar surface area (TPSA) is 38.7 Å². The van der Waals surface area contributed by atoms with Crippen LogP contribution >= 0.6 is 0 Å². The Hall–Kier alpha value is -0.120. The Morgan fingerprint density at radius 2 is 1.00 bits per heavy atom. The lowest BCUT2D eigenvalue weighted by molar-refractivity contribution is 0.0194. The van der Waals surface area contributed by atoms with Crippen LogP contribution in [0.5, 0.6) is 0 Å². The molecule has 2 unspecified atom stereocenters. The van der Waals surface area contributed by atoms with Crippen LogP contribution in [0.2, 0.25) is 0 Å². The third-order valence-electron chi connectivity index (χ3n) is 8.04. The van der Waals surface area contributed by atoms with E-state index >= 15 is 0 Å². The lowest BCUT2D eigenvalue weighted by Crippen LogP contribution is -2.17. The summed E-state index contributed by atoms with van der Waals surface area (Å²) in [5, 5.41) is 9.90. The van der Waals surface area contributed by atoms with Crippen LogP contribution in [0.25, 0.3) is 0 Å². The highest BCUT2D eigenvalue weighted by molar-refractivity contribution is 4.62. The maximum Gasteiger partial charge on any atom is 0.0773 e. The van der Waals surface area contributed by atoms with Crippen LogP contribution in [0, 0.1) is 0 Å². The molecule has 0 aromatic rings. The smallest absolute Gasteiger partial charge is 0.0773 e. The highest BCUT2D eigenvalue weighted by atomic mass is 16.5. The SMILES string of the molecule is CCCCCCCCCCCCCCCCCCCCOC1CCCCCCC(O)COCCCC1. The Balaban J connectivity index is 1.86. The fraction of sp³-hybridized carbons (Fsp3) is 1.00. The van der Waals surface area contributed by atoms with Gasteiger partial charge in [0.1, 0.15) is 0 Å². The average molecular weight is 511 g/mol. The quantitative estimate of drug-likeness (QED) is 0.166. The molecule has 1 rings (SSSR count). The summed E-state index contributed by atoms with van der Waals surface area (Å²) in [4.78, 5) is 0. The van der Waals surface area contributed by atoms with E-state index in [1.807, 2.05) is 0 Å². The minimum atomic E-state index is -0.265. The van der Waals surface area contributed by atoms with E-state index in [-0.39, 0.29) is 6.10 Å². The molecule has 216 valence electrons. The van der Waals surface area contributed by atoms with Gasteiger partial charge in [-0.15, -0.1) is 0 Å². The van der Waals surface area contributed by atoms with Crippen LogP contribution in [0.3, 0.4) is 0 Å². The van der Waals surface area contributed by atoms with Crippen molar-refractivity contribution in [2.45, 2.75) is 192 Å². The van der Waals surface area contributed by atoms with E-state index in [0.29, 0.717) is 12.7 Å². The summed E-state index contributed by atoms with van der Waals surface area (Å²) in [6, 6.07) is 0. The van der Waals surface area contributed by atoms with Crippen molar-refractivity contribution in [3.63, 3.8) is 0 Å². The second-order valence-electron chi connectivity index (χ2n) is 11.7. The molecule has 0 amide bonds. The summed E-state index contributed by atoms with van der Waals surface area (Å²) < 4.78 is 11.9. The largest absolute Gasteiger partial charge is 0.391 e. The van der Waals surface area contributed by atoms with Crippen molar-refractivity contribution >= 4 is 0 Å². The lowest BCUT2D eigenvalue weighted by atomic mass is 10.0. The summed E-state index contributed by atoms with van der Waals surface area (Å²) in [5.74, 6) is 0. The molecule has 0 aromatic carbocycles. The molecular formula is C33H66O3. The van der Waals surface area contributed by atoms with Gasteiger partial charge in [-0.25, -0.2) is 0 Å². The van der Waals surface area contributed by atoms with E-state index in [1.165, 1.54) is 154 Å².